The van der Waals surface area contributed by atoms with Crippen LogP contribution >= 0.6 is 15.9 Å². The highest BCUT2D eigenvalue weighted by Crippen LogP contribution is 2.39. The lowest BCUT2D eigenvalue weighted by Crippen LogP contribution is -2.05. The Morgan fingerprint density at radius 1 is 1.15 bits per heavy atom. The monoisotopic (exact) mass is 345 g/mol. The van der Waals surface area contributed by atoms with Crippen LogP contribution in [0.25, 0.3) is 11.4 Å². The molecule has 1 aromatic heterocycles. The van der Waals surface area contributed by atoms with Gasteiger partial charge in [0.25, 0.3) is 0 Å². The number of rotatable bonds is 3. The summed E-state index contributed by atoms with van der Waals surface area (Å²) in [4.78, 5) is 0. The Hall–Kier alpha value is -1.37. The predicted octanol–water partition coefficient (Wildman–Crippen LogP) is 4.19. The minimum absolute atomic E-state index is 0.370. The summed E-state index contributed by atoms with van der Waals surface area (Å²) in [7, 11) is 0. The Morgan fingerprint density at radius 3 is 2.30 bits per heavy atom. The Morgan fingerprint density at radius 2 is 1.80 bits per heavy atom. The van der Waals surface area contributed by atoms with Gasteiger partial charge >= 0.3 is 6.18 Å². The van der Waals surface area contributed by atoms with Crippen molar-refractivity contribution in [2.24, 2.45) is 0 Å². The van der Waals surface area contributed by atoms with Gasteiger partial charge in [0, 0.05) is 11.6 Å². The van der Waals surface area contributed by atoms with Gasteiger partial charge in [0.2, 0.25) is 0 Å². The Kier molecular flexibility index (Phi) is 3.32. The molecule has 0 bridgehead atoms. The maximum absolute atomic E-state index is 12.6. The van der Waals surface area contributed by atoms with E-state index in [2.05, 4.69) is 26.1 Å². The molecule has 20 heavy (non-hydrogen) atoms. The van der Waals surface area contributed by atoms with Crippen molar-refractivity contribution in [3.05, 3.63) is 35.7 Å². The van der Waals surface area contributed by atoms with E-state index in [0.29, 0.717) is 22.8 Å². The molecule has 3 rings (SSSR count). The number of nitrogens with zero attached hydrogens (tertiary/aromatic N) is 3. The summed E-state index contributed by atoms with van der Waals surface area (Å²) in [6.07, 6.45) is -2.19. The fourth-order valence-electron chi connectivity index (χ4n) is 2.14. The number of halogens is 4. The topological polar surface area (TPSA) is 30.7 Å². The molecule has 0 N–H and O–H groups in total. The molecule has 0 spiro atoms. The smallest absolute Gasteiger partial charge is 0.307 e. The van der Waals surface area contributed by atoms with Crippen LogP contribution in [0.5, 0.6) is 0 Å². The van der Waals surface area contributed by atoms with E-state index in [1.807, 2.05) is 4.57 Å². The SMILES string of the molecule is FC(F)(F)c1ccc(-c2nnc(CBr)n2C2CC2)cc1. The Balaban J connectivity index is 1.99. The molecule has 0 radical (unpaired) electrons. The third-order valence-corrected chi connectivity index (χ3v) is 3.77. The predicted molar refractivity (Wildman–Crippen MR) is 71.4 cm³/mol. The summed E-state index contributed by atoms with van der Waals surface area (Å²) < 4.78 is 39.7. The molecule has 106 valence electrons. The molecule has 0 aliphatic heterocycles. The Bertz CT molecular complexity index is 615. The minimum Gasteiger partial charge on any atom is -0.307 e. The quantitative estimate of drug-likeness (QED) is 0.780. The van der Waals surface area contributed by atoms with Gasteiger partial charge in [-0.05, 0) is 25.0 Å². The van der Waals surface area contributed by atoms with Crippen LogP contribution in [0.2, 0.25) is 0 Å². The van der Waals surface area contributed by atoms with E-state index in [1.165, 1.54) is 12.1 Å². The Labute approximate surface area is 121 Å². The average Bonchev–Trinajstić information content (AvgIpc) is 3.17. The fourth-order valence-corrected chi connectivity index (χ4v) is 2.52. The number of aromatic nitrogens is 3. The summed E-state index contributed by atoms with van der Waals surface area (Å²) in [5, 5.41) is 8.78. The summed E-state index contributed by atoms with van der Waals surface area (Å²) >= 11 is 3.36. The van der Waals surface area contributed by atoms with Gasteiger partial charge in [0.05, 0.1) is 10.9 Å². The van der Waals surface area contributed by atoms with Gasteiger partial charge in [0.1, 0.15) is 5.82 Å². The molecule has 1 aromatic carbocycles. The molecular weight excluding hydrogens is 335 g/mol. The molecular formula is C13H11BrF3N3. The van der Waals surface area contributed by atoms with E-state index in [1.54, 1.807) is 0 Å². The van der Waals surface area contributed by atoms with Crippen LogP contribution in [-0.4, -0.2) is 14.8 Å². The second kappa shape index (κ2) is 4.87. The number of hydrogen-bond acceptors (Lipinski definition) is 2. The molecule has 1 fully saturated rings. The van der Waals surface area contributed by atoms with Gasteiger partial charge < -0.3 is 4.57 Å². The summed E-state index contributed by atoms with van der Waals surface area (Å²) in [6, 6.07) is 5.42. The van der Waals surface area contributed by atoms with Gasteiger partial charge in [0.15, 0.2) is 5.82 Å². The lowest BCUT2D eigenvalue weighted by molar-refractivity contribution is -0.137. The first-order valence-corrected chi connectivity index (χ1v) is 7.30. The van der Waals surface area contributed by atoms with Crippen molar-refractivity contribution in [1.29, 1.82) is 0 Å². The molecule has 0 unspecified atom stereocenters. The number of alkyl halides is 4. The molecule has 1 aliphatic carbocycles. The van der Waals surface area contributed by atoms with Crippen LogP contribution in [0.15, 0.2) is 24.3 Å². The zero-order valence-corrected chi connectivity index (χ0v) is 11.9. The van der Waals surface area contributed by atoms with Crippen molar-refractivity contribution >= 4 is 15.9 Å². The average molecular weight is 346 g/mol. The van der Waals surface area contributed by atoms with Gasteiger partial charge in [-0.15, -0.1) is 10.2 Å². The van der Waals surface area contributed by atoms with E-state index in [9.17, 15) is 13.2 Å². The van der Waals surface area contributed by atoms with Gasteiger partial charge in [-0.1, -0.05) is 28.1 Å². The zero-order valence-electron chi connectivity index (χ0n) is 10.4. The third kappa shape index (κ3) is 2.46. The molecule has 1 saturated carbocycles. The van der Waals surface area contributed by atoms with E-state index < -0.39 is 11.7 Å². The second-order valence-corrected chi connectivity index (χ2v) is 5.31. The molecule has 1 aliphatic rings. The molecule has 0 saturated heterocycles. The lowest BCUT2D eigenvalue weighted by atomic mass is 10.1. The summed E-state index contributed by atoms with van der Waals surface area (Å²) in [6.45, 7) is 0. The highest BCUT2D eigenvalue weighted by atomic mass is 79.9. The molecule has 1 heterocycles. The van der Waals surface area contributed by atoms with Crippen LogP contribution in [0, 0.1) is 0 Å². The van der Waals surface area contributed by atoms with Crippen molar-refractivity contribution in [3.63, 3.8) is 0 Å². The first kappa shape index (κ1) is 13.6. The highest BCUT2D eigenvalue weighted by Gasteiger charge is 2.31. The van der Waals surface area contributed by atoms with Crippen LogP contribution in [0.3, 0.4) is 0 Å². The van der Waals surface area contributed by atoms with Crippen molar-refractivity contribution in [1.82, 2.24) is 14.8 Å². The molecule has 7 heteroatoms. The fraction of sp³-hybridized carbons (Fsp3) is 0.385. The molecule has 2 aromatic rings. The first-order valence-electron chi connectivity index (χ1n) is 6.18. The molecule has 0 amide bonds. The van der Waals surface area contributed by atoms with Gasteiger partial charge in [-0.2, -0.15) is 13.2 Å². The van der Waals surface area contributed by atoms with Gasteiger partial charge in [-0.25, -0.2) is 0 Å². The van der Waals surface area contributed by atoms with Crippen molar-refractivity contribution in [2.75, 3.05) is 0 Å². The van der Waals surface area contributed by atoms with Gasteiger partial charge in [-0.3, -0.25) is 0 Å². The van der Waals surface area contributed by atoms with E-state index in [4.69, 9.17) is 0 Å². The summed E-state index contributed by atoms with van der Waals surface area (Å²) in [5.41, 5.74) is 0.00375. The largest absolute Gasteiger partial charge is 0.416 e. The first-order chi connectivity index (χ1) is 9.50. The van der Waals surface area contributed by atoms with Crippen LogP contribution in [0.1, 0.15) is 30.3 Å². The van der Waals surface area contributed by atoms with Crippen molar-refractivity contribution in [3.8, 4) is 11.4 Å². The van der Waals surface area contributed by atoms with E-state index in [-0.39, 0.29) is 0 Å². The molecule has 3 nitrogen and oxygen atoms in total. The zero-order chi connectivity index (χ0) is 14.3. The van der Waals surface area contributed by atoms with Crippen LogP contribution < -0.4 is 0 Å². The standard InChI is InChI=1S/C13H11BrF3N3/c14-7-11-18-19-12(20(11)10-5-6-10)8-1-3-9(4-2-8)13(15,16)17/h1-4,10H,5-7H2. The van der Waals surface area contributed by atoms with Crippen LogP contribution in [-0.2, 0) is 11.5 Å². The highest BCUT2D eigenvalue weighted by molar-refractivity contribution is 9.08. The maximum Gasteiger partial charge on any atom is 0.416 e. The summed E-state index contributed by atoms with van der Waals surface area (Å²) in [5.74, 6) is 1.44. The number of hydrogen-bond donors (Lipinski definition) is 0. The van der Waals surface area contributed by atoms with Crippen molar-refractivity contribution in [2.45, 2.75) is 30.4 Å². The third-order valence-electron chi connectivity index (χ3n) is 3.27. The van der Waals surface area contributed by atoms with E-state index >= 15 is 0 Å². The minimum atomic E-state index is -4.32. The normalized spacial score (nSPS) is 15.6. The second-order valence-electron chi connectivity index (χ2n) is 4.75. The lowest BCUT2D eigenvalue weighted by Gasteiger charge is -2.09. The molecule has 0 atom stereocenters. The van der Waals surface area contributed by atoms with E-state index in [0.717, 1.165) is 30.8 Å². The van der Waals surface area contributed by atoms with Crippen LogP contribution in [0.4, 0.5) is 13.2 Å². The van der Waals surface area contributed by atoms with Crippen molar-refractivity contribution < 1.29 is 13.2 Å². The maximum atomic E-state index is 12.6. The number of benzene rings is 1.